The molecule has 2 aliphatic rings. The van der Waals surface area contributed by atoms with Crippen LogP contribution < -0.4 is 4.74 Å². The molecule has 0 N–H and O–H groups in total. The second-order valence-corrected chi connectivity index (χ2v) is 9.69. The van der Waals surface area contributed by atoms with Crippen LogP contribution in [0.25, 0.3) is 0 Å². The first-order valence-corrected chi connectivity index (χ1v) is 12.3. The molecule has 2 fully saturated rings. The molecule has 174 valence electrons. The van der Waals surface area contributed by atoms with Crippen LogP contribution >= 0.6 is 0 Å². The molecule has 2 aromatic rings. The monoisotopic (exact) mass is 448 g/mol. The Kier molecular flexibility index (Phi) is 7.86. The van der Waals surface area contributed by atoms with Crippen LogP contribution in [0.5, 0.6) is 5.75 Å². The quantitative estimate of drug-likeness (QED) is 0.332. The van der Waals surface area contributed by atoms with E-state index in [4.69, 9.17) is 4.74 Å². The lowest BCUT2D eigenvalue weighted by Gasteiger charge is -2.42. The van der Waals surface area contributed by atoms with Gasteiger partial charge in [0, 0.05) is 5.56 Å². The second-order valence-electron chi connectivity index (χ2n) is 9.69. The molecule has 0 amide bonds. The third kappa shape index (κ3) is 5.85. The molecule has 0 heterocycles. The summed E-state index contributed by atoms with van der Waals surface area (Å²) in [5.41, 5.74) is 1.34. The highest BCUT2D eigenvalue weighted by molar-refractivity contribution is 5.46. The minimum Gasteiger partial charge on any atom is -0.497 e. The van der Waals surface area contributed by atoms with Gasteiger partial charge in [-0.25, -0.2) is 8.78 Å². The van der Waals surface area contributed by atoms with Crippen molar-refractivity contribution in [3.63, 3.8) is 0 Å². The number of hydrogen-bond donors (Lipinski definition) is 0. The maximum absolute atomic E-state index is 14.9. The SMILES string of the molecule is C/C=C/CCC1CCC2CC(c3cc(F)c(C#Cc4ccc(OC)cc4)c(F)c3)CCC2C1. The number of rotatable bonds is 5. The summed E-state index contributed by atoms with van der Waals surface area (Å²) in [6, 6.07) is 10.2. The standard InChI is InChI=1S/C30H34F2O/c1-3-4-5-6-22-7-11-24-18-25(13-12-23(24)17-22)26-19-29(31)28(30(32)20-26)16-10-21-8-14-27(33-2)15-9-21/h3-4,8-9,14-15,19-20,22-25H,5-7,11-13,17-18H2,1-2H3/b4-3+. The molecule has 4 rings (SSSR count). The molecule has 2 aromatic carbocycles. The molecule has 2 aliphatic carbocycles. The molecule has 0 saturated heterocycles. The summed E-state index contributed by atoms with van der Waals surface area (Å²) in [5, 5.41) is 0. The lowest BCUT2D eigenvalue weighted by atomic mass is 9.63. The van der Waals surface area contributed by atoms with Crippen LogP contribution in [0.2, 0.25) is 0 Å². The van der Waals surface area contributed by atoms with E-state index in [1.54, 1.807) is 31.4 Å². The van der Waals surface area contributed by atoms with Gasteiger partial charge >= 0.3 is 0 Å². The van der Waals surface area contributed by atoms with Crippen molar-refractivity contribution in [3.05, 3.63) is 76.9 Å². The highest BCUT2D eigenvalue weighted by atomic mass is 19.1. The summed E-state index contributed by atoms with van der Waals surface area (Å²) in [7, 11) is 1.59. The van der Waals surface area contributed by atoms with Crippen molar-refractivity contribution < 1.29 is 13.5 Å². The van der Waals surface area contributed by atoms with Crippen LogP contribution in [0.15, 0.2) is 48.6 Å². The van der Waals surface area contributed by atoms with Crippen molar-refractivity contribution in [3.8, 4) is 17.6 Å². The van der Waals surface area contributed by atoms with E-state index in [0.717, 1.165) is 36.0 Å². The van der Waals surface area contributed by atoms with Crippen molar-refractivity contribution in [2.75, 3.05) is 7.11 Å². The fourth-order valence-corrected chi connectivity index (χ4v) is 5.81. The first kappa shape index (κ1) is 23.6. The largest absolute Gasteiger partial charge is 0.497 e. The average molecular weight is 449 g/mol. The van der Waals surface area contributed by atoms with Crippen molar-refractivity contribution >= 4 is 0 Å². The van der Waals surface area contributed by atoms with Crippen molar-refractivity contribution in [1.82, 2.24) is 0 Å². The number of ether oxygens (including phenoxy) is 1. The molecular weight excluding hydrogens is 414 g/mol. The number of halogens is 2. The van der Waals surface area contributed by atoms with E-state index < -0.39 is 11.6 Å². The van der Waals surface area contributed by atoms with Gasteiger partial charge in [-0.2, -0.15) is 0 Å². The Labute approximate surface area is 197 Å². The molecule has 2 saturated carbocycles. The summed E-state index contributed by atoms with van der Waals surface area (Å²) < 4.78 is 34.8. The summed E-state index contributed by atoms with van der Waals surface area (Å²) in [4.78, 5) is 0. The summed E-state index contributed by atoms with van der Waals surface area (Å²) in [6.45, 7) is 2.09. The average Bonchev–Trinajstić information content (AvgIpc) is 2.83. The Balaban J connectivity index is 1.41. The van der Waals surface area contributed by atoms with Gasteiger partial charge in [0.15, 0.2) is 0 Å². The molecule has 4 atom stereocenters. The van der Waals surface area contributed by atoms with E-state index >= 15 is 0 Å². The van der Waals surface area contributed by atoms with Crippen LogP contribution in [0.3, 0.4) is 0 Å². The summed E-state index contributed by atoms with van der Waals surface area (Å²) in [5.74, 6) is 7.74. The van der Waals surface area contributed by atoms with Gasteiger partial charge in [0.05, 0.1) is 12.7 Å². The molecule has 33 heavy (non-hydrogen) atoms. The number of fused-ring (bicyclic) bond motifs is 1. The molecule has 3 heteroatoms. The van der Waals surface area contributed by atoms with Crippen molar-refractivity contribution in [2.45, 2.75) is 64.2 Å². The zero-order valence-electron chi connectivity index (χ0n) is 19.7. The fraction of sp³-hybridized carbons (Fsp3) is 0.467. The van der Waals surface area contributed by atoms with Gasteiger partial charge in [0.2, 0.25) is 0 Å². The van der Waals surface area contributed by atoms with Crippen LogP contribution in [-0.4, -0.2) is 7.11 Å². The highest BCUT2D eigenvalue weighted by Gasteiger charge is 2.36. The van der Waals surface area contributed by atoms with Crippen LogP contribution in [-0.2, 0) is 0 Å². The molecule has 4 unspecified atom stereocenters. The first-order valence-electron chi connectivity index (χ1n) is 12.3. The van der Waals surface area contributed by atoms with Gasteiger partial charge < -0.3 is 4.74 Å². The van der Waals surface area contributed by atoms with E-state index in [-0.39, 0.29) is 11.5 Å². The second kappa shape index (κ2) is 11.0. The Morgan fingerprint density at radius 2 is 1.64 bits per heavy atom. The van der Waals surface area contributed by atoms with E-state index in [1.807, 2.05) is 0 Å². The van der Waals surface area contributed by atoms with Gasteiger partial charge in [0.25, 0.3) is 0 Å². The normalized spacial score (nSPS) is 24.7. The van der Waals surface area contributed by atoms with Gasteiger partial charge in [-0.1, -0.05) is 30.4 Å². The first-order chi connectivity index (χ1) is 16.1. The molecule has 0 bridgehead atoms. The zero-order valence-corrected chi connectivity index (χ0v) is 19.7. The van der Waals surface area contributed by atoms with Gasteiger partial charge in [-0.15, -0.1) is 0 Å². The fourth-order valence-electron chi connectivity index (χ4n) is 5.81. The third-order valence-electron chi connectivity index (χ3n) is 7.66. The Morgan fingerprint density at radius 1 is 0.939 bits per heavy atom. The van der Waals surface area contributed by atoms with Crippen molar-refractivity contribution in [2.24, 2.45) is 17.8 Å². The maximum Gasteiger partial charge on any atom is 0.142 e. The number of methoxy groups -OCH3 is 1. The van der Waals surface area contributed by atoms with Crippen LogP contribution in [0, 0.1) is 41.2 Å². The smallest absolute Gasteiger partial charge is 0.142 e. The van der Waals surface area contributed by atoms with E-state index in [2.05, 4.69) is 30.9 Å². The molecular formula is C30H34F2O. The topological polar surface area (TPSA) is 9.23 Å². The lowest BCUT2D eigenvalue weighted by Crippen LogP contribution is -2.30. The van der Waals surface area contributed by atoms with E-state index in [1.165, 1.54) is 50.7 Å². The number of hydrogen-bond acceptors (Lipinski definition) is 1. The van der Waals surface area contributed by atoms with E-state index in [0.29, 0.717) is 11.5 Å². The highest BCUT2D eigenvalue weighted by Crippen LogP contribution is 2.48. The molecule has 0 radical (unpaired) electrons. The predicted molar refractivity (Wildman–Crippen MR) is 130 cm³/mol. The van der Waals surface area contributed by atoms with Gasteiger partial charge in [0.1, 0.15) is 17.4 Å². The van der Waals surface area contributed by atoms with Crippen molar-refractivity contribution in [1.29, 1.82) is 0 Å². The zero-order chi connectivity index (χ0) is 23.2. The maximum atomic E-state index is 14.9. The number of benzene rings is 2. The van der Waals surface area contributed by atoms with Crippen LogP contribution in [0.1, 0.15) is 80.9 Å². The van der Waals surface area contributed by atoms with Crippen LogP contribution in [0.4, 0.5) is 8.78 Å². The molecule has 1 nitrogen and oxygen atoms in total. The lowest BCUT2D eigenvalue weighted by molar-refractivity contribution is 0.115. The molecule has 0 aliphatic heterocycles. The molecule has 0 aromatic heterocycles. The summed E-state index contributed by atoms with van der Waals surface area (Å²) >= 11 is 0. The summed E-state index contributed by atoms with van der Waals surface area (Å²) in [6.07, 6.45) is 14.1. The Bertz CT molecular complexity index is 1000. The molecule has 0 spiro atoms. The minimum atomic E-state index is -0.555. The minimum absolute atomic E-state index is 0.148. The number of allylic oxidation sites excluding steroid dienone is 2. The van der Waals surface area contributed by atoms with Gasteiger partial charge in [-0.3, -0.25) is 0 Å². The Morgan fingerprint density at radius 3 is 2.33 bits per heavy atom. The predicted octanol–water partition coefficient (Wildman–Crippen LogP) is 8.03. The van der Waals surface area contributed by atoms with E-state index in [9.17, 15) is 8.78 Å². The van der Waals surface area contributed by atoms with Gasteiger partial charge in [-0.05, 0) is 118 Å². The Hall–Kier alpha value is -2.60. The third-order valence-corrected chi connectivity index (χ3v) is 7.66.